The topological polar surface area (TPSA) is 78.9 Å². The van der Waals surface area contributed by atoms with Gasteiger partial charge in [0.05, 0.1) is 0 Å². The highest BCUT2D eigenvalue weighted by molar-refractivity contribution is 5.71. The normalized spacial score (nSPS) is 12.1. The maximum Gasteiger partial charge on any atom is 0.306 e. The van der Waals surface area contributed by atoms with Crippen molar-refractivity contribution in [2.75, 3.05) is 13.2 Å². The first-order valence-corrected chi connectivity index (χ1v) is 29.8. The van der Waals surface area contributed by atoms with E-state index in [2.05, 4.69) is 45.1 Å². The van der Waals surface area contributed by atoms with Crippen LogP contribution in [-0.4, -0.2) is 37.2 Å². The predicted octanol–water partition coefficient (Wildman–Crippen LogP) is 19.9. The zero-order chi connectivity index (χ0) is 48.6. The first-order chi connectivity index (χ1) is 33.0. The predicted molar refractivity (Wildman–Crippen MR) is 289 cm³/mol. The molecule has 0 saturated carbocycles. The molecule has 0 fully saturated rings. The molecule has 0 spiro atoms. The summed E-state index contributed by atoms with van der Waals surface area (Å²) in [5.74, 6) is -0.856. The summed E-state index contributed by atoms with van der Waals surface area (Å²) in [4.78, 5) is 37.8. The Bertz CT molecular complexity index is 1080. The zero-order valence-corrected chi connectivity index (χ0v) is 45.2. The summed E-state index contributed by atoms with van der Waals surface area (Å²) in [5, 5.41) is 0. The molecule has 6 heteroatoms. The van der Waals surface area contributed by atoms with E-state index in [1.807, 2.05) is 0 Å². The van der Waals surface area contributed by atoms with Gasteiger partial charge in [-0.2, -0.15) is 0 Å². The lowest BCUT2D eigenvalue weighted by molar-refractivity contribution is -0.167. The zero-order valence-electron chi connectivity index (χ0n) is 45.2. The molecule has 0 aliphatic heterocycles. The minimum Gasteiger partial charge on any atom is -0.462 e. The fourth-order valence-electron chi connectivity index (χ4n) is 8.95. The van der Waals surface area contributed by atoms with Crippen molar-refractivity contribution in [2.24, 2.45) is 0 Å². The lowest BCUT2D eigenvalue weighted by atomic mass is 10.0. The van der Waals surface area contributed by atoms with Crippen molar-refractivity contribution in [3.8, 4) is 0 Å². The van der Waals surface area contributed by atoms with E-state index in [4.69, 9.17) is 14.2 Å². The van der Waals surface area contributed by atoms with Crippen LogP contribution in [0.25, 0.3) is 0 Å². The van der Waals surface area contributed by atoms with Gasteiger partial charge >= 0.3 is 17.9 Å². The van der Waals surface area contributed by atoms with Crippen molar-refractivity contribution in [3.05, 3.63) is 24.3 Å². The van der Waals surface area contributed by atoms with E-state index in [9.17, 15) is 14.4 Å². The van der Waals surface area contributed by atoms with Crippen LogP contribution in [0.2, 0.25) is 0 Å². The van der Waals surface area contributed by atoms with Gasteiger partial charge in [0.2, 0.25) is 0 Å². The summed E-state index contributed by atoms with van der Waals surface area (Å²) in [6.07, 6.45) is 66.5. The Labute approximate surface area is 417 Å². The standard InChI is InChI=1S/C61H114O6/c1-4-7-10-13-16-18-20-22-24-25-26-27-28-29-30-31-32-33-34-35-36-37-38-40-41-43-45-48-51-54-60(63)66-57-58(56-65-59(62)53-50-47-15-12-9-6-3)67-61(64)55-52-49-46-44-42-39-23-21-19-17-14-11-8-5-2/h20,22,25-26,58H,4-19,21,23-24,27-57H2,1-3H3/b22-20-,26-25-. The van der Waals surface area contributed by atoms with Crippen molar-refractivity contribution in [3.63, 3.8) is 0 Å². The summed E-state index contributed by atoms with van der Waals surface area (Å²) in [7, 11) is 0. The number of unbranched alkanes of at least 4 members (excludes halogenated alkanes) is 40. The second kappa shape index (κ2) is 56.5. The number of allylic oxidation sites excluding steroid dienone is 4. The average molecular weight is 944 g/mol. The molecular weight excluding hydrogens is 829 g/mol. The Balaban J connectivity index is 3.97. The Morgan fingerprint density at radius 1 is 0.299 bits per heavy atom. The van der Waals surface area contributed by atoms with Crippen molar-refractivity contribution in [1.29, 1.82) is 0 Å². The minimum absolute atomic E-state index is 0.0656. The van der Waals surface area contributed by atoms with E-state index >= 15 is 0 Å². The van der Waals surface area contributed by atoms with Gasteiger partial charge in [0.25, 0.3) is 0 Å². The van der Waals surface area contributed by atoms with Gasteiger partial charge in [-0.05, 0) is 51.4 Å². The average Bonchev–Trinajstić information content (AvgIpc) is 3.33. The third-order valence-electron chi connectivity index (χ3n) is 13.5. The maximum atomic E-state index is 12.8. The quantitative estimate of drug-likeness (QED) is 0.0262. The highest BCUT2D eigenvalue weighted by Crippen LogP contribution is 2.17. The molecule has 0 amide bonds. The monoisotopic (exact) mass is 943 g/mol. The van der Waals surface area contributed by atoms with Gasteiger partial charge in [-0.1, -0.05) is 283 Å². The van der Waals surface area contributed by atoms with Crippen LogP contribution in [0.1, 0.15) is 329 Å². The lowest BCUT2D eigenvalue weighted by Crippen LogP contribution is -2.30. The summed E-state index contributed by atoms with van der Waals surface area (Å²) in [6, 6.07) is 0. The minimum atomic E-state index is -0.762. The number of esters is 3. The van der Waals surface area contributed by atoms with Crippen LogP contribution in [0.5, 0.6) is 0 Å². The van der Waals surface area contributed by atoms with Gasteiger partial charge in [-0.25, -0.2) is 0 Å². The van der Waals surface area contributed by atoms with Gasteiger partial charge in [0.15, 0.2) is 6.10 Å². The molecule has 0 saturated heterocycles. The molecule has 0 aromatic heterocycles. The summed E-state index contributed by atoms with van der Waals surface area (Å²) >= 11 is 0. The molecule has 394 valence electrons. The third kappa shape index (κ3) is 54.7. The van der Waals surface area contributed by atoms with E-state index < -0.39 is 6.10 Å². The molecule has 0 aromatic carbocycles. The van der Waals surface area contributed by atoms with Gasteiger partial charge in [0.1, 0.15) is 13.2 Å². The molecule has 0 aromatic rings. The summed E-state index contributed by atoms with van der Waals surface area (Å²) < 4.78 is 16.8. The van der Waals surface area contributed by atoms with Crippen molar-refractivity contribution >= 4 is 17.9 Å². The lowest BCUT2D eigenvalue weighted by Gasteiger charge is -2.18. The first-order valence-electron chi connectivity index (χ1n) is 29.8. The molecule has 0 N–H and O–H groups in total. The smallest absolute Gasteiger partial charge is 0.306 e. The molecule has 0 aliphatic rings. The van der Waals surface area contributed by atoms with Gasteiger partial charge in [-0.15, -0.1) is 0 Å². The van der Waals surface area contributed by atoms with Crippen LogP contribution in [0.15, 0.2) is 24.3 Å². The molecule has 0 radical (unpaired) electrons. The molecule has 6 nitrogen and oxygen atoms in total. The van der Waals surface area contributed by atoms with Crippen LogP contribution < -0.4 is 0 Å². The molecule has 0 aliphatic carbocycles. The van der Waals surface area contributed by atoms with Crippen LogP contribution in [0.3, 0.4) is 0 Å². The Morgan fingerprint density at radius 2 is 0.537 bits per heavy atom. The van der Waals surface area contributed by atoms with Crippen molar-refractivity contribution in [2.45, 2.75) is 335 Å². The van der Waals surface area contributed by atoms with Crippen LogP contribution >= 0.6 is 0 Å². The first kappa shape index (κ1) is 64.9. The second-order valence-corrected chi connectivity index (χ2v) is 20.3. The third-order valence-corrected chi connectivity index (χ3v) is 13.5. The molecule has 0 rings (SSSR count). The second-order valence-electron chi connectivity index (χ2n) is 20.3. The van der Waals surface area contributed by atoms with Gasteiger partial charge < -0.3 is 14.2 Å². The number of hydrogen-bond donors (Lipinski definition) is 0. The Morgan fingerprint density at radius 3 is 0.821 bits per heavy atom. The van der Waals surface area contributed by atoms with E-state index in [0.717, 1.165) is 64.2 Å². The largest absolute Gasteiger partial charge is 0.462 e. The molecule has 0 bridgehead atoms. The van der Waals surface area contributed by atoms with E-state index in [-0.39, 0.29) is 31.1 Å². The van der Waals surface area contributed by atoms with Gasteiger partial charge in [-0.3, -0.25) is 14.4 Å². The highest BCUT2D eigenvalue weighted by Gasteiger charge is 2.19. The van der Waals surface area contributed by atoms with E-state index in [0.29, 0.717) is 19.3 Å². The number of hydrogen-bond acceptors (Lipinski definition) is 6. The molecule has 1 atom stereocenters. The number of rotatable bonds is 55. The van der Waals surface area contributed by atoms with Crippen LogP contribution in [0, 0.1) is 0 Å². The molecule has 67 heavy (non-hydrogen) atoms. The highest BCUT2D eigenvalue weighted by atomic mass is 16.6. The number of carbonyl (C=O) groups excluding carboxylic acids is 3. The van der Waals surface area contributed by atoms with Crippen molar-refractivity contribution < 1.29 is 28.6 Å². The Hall–Kier alpha value is -2.11. The molecule has 1 unspecified atom stereocenters. The van der Waals surface area contributed by atoms with Crippen molar-refractivity contribution in [1.82, 2.24) is 0 Å². The van der Waals surface area contributed by atoms with E-state index in [1.54, 1.807) is 0 Å². The SMILES string of the molecule is CCCCCCC/C=C\C/C=C\CCCCCCCCCCCCCCCCCCCC(=O)OCC(COC(=O)CCCCCCCC)OC(=O)CCCCCCCCCCCCCCCC. The number of carbonyl (C=O) groups is 3. The fraction of sp³-hybridized carbons (Fsp3) is 0.885. The summed E-state index contributed by atoms with van der Waals surface area (Å²) in [6.45, 7) is 6.61. The van der Waals surface area contributed by atoms with Crippen LogP contribution in [0.4, 0.5) is 0 Å². The Kier molecular flexibility index (Phi) is 54.7. The number of ether oxygens (including phenoxy) is 3. The fourth-order valence-corrected chi connectivity index (χ4v) is 8.95. The molecule has 0 heterocycles. The van der Waals surface area contributed by atoms with E-state index in [1.165, 1.54) is 225 Å². The maximum absolute atomic E-state index is 12.8. The molecular formula is C61H114O6. The van der Waals surface area contributed by atoms with Gasteiger partial charge in [0, 0.05) is 19.3 Å². The summed E-state index contributed by atoms with van der Waals surface area (Å²) in [5.41, 5.74) is 0. The van der Waals surface area contributed by atoms with Crippen LogP contribution in [-0.2, 0) is 28.6 Å².